The van der Waals surface area contributed by atoms with Crippen molar-refractivity contribution in [2.24, 2.45) is 0 Å². The maximum atomic E-state index is 11.8. The fourth-order valence-corrected chi connectivity index (χ4v) is 2.13. The Kier molecular flexibility index (Phi) is 4.57. The van der Waals surface area contributed by atoms with E-state index >= 15 is 0 Å². The van der Waals surface area contributed by atoms with E-state index in [9.17, 15) is 18.0 Å². The summed E-state index contributed by atoms with van der Waals surface area (Å²) in [6.07, 6.45) is 0.572. The molecule has 0 unspecified atom stereocenters. The number of hydrogen-bond acceptors (Lipinski definition) is 4. The Morgan fingerprint density at radius 1 is 1.28 bits per heavy atom. The number of amides is 1. The second-order valence-corrected chi connectivity index (χ2v) is 5.84. The van der Waals surface area contributed by atoms with Gasteiger partial charge in [0.1, 0.15) is 6.29 Å². The molecular weight excluding hydrogens is 256 g/mol. The zero-order valence-corrected chi connectivity index (χ0v) is 10.9. The first-order chi connectivity index (χ1) is 8.39. The fraction of sp³-hybridized carbons (Fsp3) is 0.273. The molecule has 7 heteroatoms. The molecule has 1 rings (SSSR count). The zero-order valence-electron chi connectivity index (χ0n) is 10.1. The van der Waals surface area contributed by atoms with Crippen LogP contribution in [0, 0.1) is 0 Å². The quantitative estimate of drug-likeness (QED) is 0.755. The van der Waals surface area contributed by atoms with E-state index < -0.39 is 15.9 Å². The number of nitrogens with zero attached hydrogens (tertiary/aromatic N) is 1. The van der Waals surface area contributed by atoms with Crippen molar-refractivity contribution < 1.29 is 18.0 Å². The van der Waals surface area contributed by atoms with Gasteiger partial charge in [-0.3, -0.25) is 4.79 Å². The topological polar surface area (TPSA) is 83.6 Å². The predicted octanol–water partition coefficient (Wildman–Crippen LogP) is -0.134. The van der Waals surface area contributed by atoms with Crippen molar-refractivity contribution in [3.05, 3.63) is 29.8 Å². The van der Waals surface area contributed by atoms with Crippen molar-refractivity contribution in [3.63, 3.8) is 0 Å². The molecule has 0 atom stereocenters. The first-order valence-corrected chi connectivity index (χ1v) is 6.58. The third-order valence-corrected chi connectivity index (χ3v) is 4.07. The van der Waals surface area contributed by atoms with Crippen LogP contribution in [0.3, 0.4) is 0 Å². The normalized spacial score (nSPS) is 11.3. The monoisotopic (exact) mass is 270 g/mol. The minimum Gasteiger partial charge on any atom is -0.345 e. The molecular formula is C11H14N2O4S. The molecule has 0 aliphatic heterocycles. The van der Waals surface area contributed by atoms with Crippen LogP contribution in [0.2, 0.25) is 0 Å². The van der Waals surface area contributed by atoms with Crippen molar-refractivity contribution in [1.29, 1.82) is 0 Å². The molecule has 0 heterocycles. The van der Waals surface area contributed by atoms with Crippen LogP contribution in [0.4, 0.5) is 0 Å². The first kappa shape index (κ1) is 14.3. The van der Waals surface area contributed by atoms with Gasteiger partial charge in [-0.25, -0.2) is 12.7 Å². The fourth-order valence-electron chi connectivity index (χ4n) is 1.23. The number of sulfonamides is 1. The second kappa shape index (κ2) is 5.74. The molecule has 98 valence electrons. The summed E-state index contributed by atoms with van der Waals surface area (Å²) < 4.78 is 24.6. The largest absolute Gasteiger partial charge is 0.345 e. The van der Waals surface area contributed by atoms with E-state index in [4.69, 9.17) is 0 Å². The lowest BCUT2D eigenvalue weighted by molar-refractivity contribution is -0.107. The summed E-state index contributed by atoms with van der Waals surface area (Å²) >= 11 is 0. The van der Waals surface area contributed by atoms with E-state index in [1.807, 2.05) is 0 Å². The van der Waals surface area contributed by atoms with E-state index in [1.165, 1.54) is 38.4 Å². The molecule has 0 bridgehead atoms. The second-order valence-electron chi connectivity index (χ2n) is 3.69. The van der Waals surface area contributed by atoms with Gasteiger partial charge >= 0.3 is 0 Å². The van der Waals surface area contributed by atoms with Gasteiger partial charge in [-0.15, -0.1) is 0 Å². The minimum atomic E-state index is -3.49. The van der Waals surface area contributed by atoms with Crippen molar-refractivity contribution in [2.45, 2.75) is 4.90 Å². The van der Waals surface area contributed by atoms with E-state index in [-0.39, 0.29) is 11.4 Å². The van der Waals surface area contributed by atoms with Gasteiger partial charge < -0.3 is 10.1 Å². The molecule has 1 aromatic carbocycles. The van der Waals surface area contributed by atoms with Gasteiger partial charge in [-0.1, -0.05) is 0 Å². The number of rotatable bonds is 5. The molecule has 0 fully saturated rings. The Balaban J connectivity index is 2.93. The van der Waals surface area contributed by atoms with E-state index in [1.54, 1.807) is 0 Å². The van der Waals surface area contributed by atoms with E-state index in [0.29, 0.717) is 11.8 Å². The average molecular weight is 270 g/mol. The highest BCUT2D eigenvalue weighted by Crippen LogP contribution is 2.13. The molecule has 6 nitrogen and oxygen atoms in total. The van der Waals surface area contributed by atoms with Crippen LogP contribution in [-0.2, 0) is 14.8 Å². The molecule has 1 amide bonds. The summed E-state index contributed by atoms with van der Waals surface area (Å²) in [5, 5.41) is 2.36. The maximum Gasteiger partial charge on any atom is 0.251 e. The minimum absolute atomic E-state index is 0.0728. The Hall–Kier alpha value is -1.73. The number of hydrogen-bond donors (Lipinski definition) is 1. The van der Waals surface area contributed by atoms with Crippen molar-refractivity contribution in [2.75, 3.05) is 20.6 Å². The summed E-state index contributed by atoms with van der Waals surface area (Å²) in [6.45, 7) is -0.0728. The lowest BCUT2D eigenvalue weighted by atomic mass is 10.2. The number of benzene rings is 1. The molecule has 0 aromatic heterocycles. The van der Waals surface area contributed by atoms with Gasteiger partial charge in [0.15, 0.2) is 0 Å². The van der Waals surface area contributed by atoms with Crippen molar-refractivity contribution in [3.8, 4) is 0 Å². The van der Waals surface area contributed by atoms with Gasteiger partial charge in [0.2, 0.25) is 10.0 Å². The highest BCUT2D eigenvalue weighted by molar-refractivity contribution is 7.89. The van der Waals surface area contributed by atoms with Crippen LogP contribution >= 0.6 is 0 Å². The molecule has 0 radical (unpaired) electrons. The summed E-state index contributed by atoms with van der Waals surface area (Å²) in [7, 11) is -0.630. The van der Waals surface area contributed by atoms with E-state index in [0.717, 1.165) is 4.31 Å². The van der Waals surface area contributed by atoms with Gasteiger partial charge in [0, 0.05) is 19.7 Å². The van der Waals surface area contributed by atoms with Crippen LogP contribution in [0.15, 0.2) is 29.2 Å². The molecule has 1 N–H and O–H groups in total. The van der Waals surface area contributed by atoms with E-state index in [2.05, 4.69) is 5.32 Å². The van der Waals surface area contributed by atoms with Gasteiger partial charge in [-0.2, -0.15) is 0 Å². The number of carbonyl (C=O) groups is 2. The summed E-state index contributed by atoms with van der Waals surface area (Å²) in [4.78, 5) is 21.7. The molecule has 0 aliphatic carbocycles. The van der Waals surface area contributed by atoms with Crippen LogP contribution in [0.1, 0.15) is 10.4 Å². The maximum absolute atomic E-state index is 11.8. The molecule has 0 saturated carbocycles. The standard InChI is InChI=1S/C11H14N2O4S/c1-13(2)18(16,17)10-5-3-9(4-6-10)11(15)12-7-8-14/h3-6,8H,7H2,1-2H3,(H,12,15). The highest BCUT2D eigenvalue weighted by Gasteiger charge is 2.17. The first-order valence-electron chi connectivity index (χ1n) is 5.14. The van der Waals surface area contributed by atoms with Gasteiger partial charge in [-0.05, 0) is 24.3 Å². The Morgan fingerprint density at radius 3 is 2.28 bits per heavy atom. The Labute approximate surface area is 106 Å². The van der Waals surface area contributed by atoms with Crippen molar-refractivity contribution in [1.82, 2.24) is 9.62 Å². The molecule has 0 spiro atoms. The lowest BCUT2D eigenvalue weighted by Gasteiger charge is -2.11. The summed E-state index contributed by atoms with van der Waals surface area (Å²) in [5.74, 6) is -0.420. The van der Waals surface area contributed by atoms with Crippen molar-refractivity contribution >= 4 is 22.2 Å². The van der Waals surface area contributed by atoms with Gasteiger partial charge in [0.25, 0.3) is 5.91 Å². The SMILES string of the molecule is CN(C)S(=O)(=O)c1ccc(C(=O)NCC=O)cc1. The van der Waals surface area contributed by atoms with Crippen LogP contribution in [0.5, 0.6) is 0 Å². The van der Waals surface area contributed by atoms with Crippen LogP contribution < -0.4 is 5.32 Å². The molecule has 0 aliphatic rings. The average Bonchev–Trinajstić information content (AvgIpc) is 2.35. The van der Waals surface area contributed by atoms with Crippen LogP contribution in [0.25, 0.3) is 0 Å². The van der Waals surface area contributed by atoms with Gasteiger partial charge in [0.05, 0.1) is 11.4 Å². The number of carbonyl (C=O) groups excluding carboxylic acids is 2. The molecule has 0 saturated heterocycles. The number of aldehydes is 1. The molecule has 18 heavy (non-hydrogen) atoms. The third-order valence-electron chi connectivity index (χ3n) is 2.24. The summed E-state index contributed by atoms with van der Waals surface area (Å²) in [5.41, 5.74) is 0.301. The third kappa shape index (κ3) is 3.14. The summed E-state index contributed by atoms with van der Waals surface area (Å²) in [6, 6.07) is 5.50. The molecule has 1 aromatic rings. The Morgan fingerprint density at radius 2 is 1.83 bits per heavy atom. The number of nitrogens with one attached hydrogen (secondary N) is 1. The zero-order chi connectivity index (χ0) is 13.8. The lowest BCUT2D eigenvalue weighted by Crippen LogP contribution is -2.25. The predicted molar refractivity (Wildman–Crippen MR) is 65.7 cm³/mol. The highest BCUT2D eigenvalue weighted by atomic mass is 32.2. The smallest absolute Gasteiger partial charge is 0.251 e. The Bertz CT molecular complexity index is 535. The van der Waals surface area contributed by atoms with Crippen LogP contribution in [-0.4, -0.2) is 45.6 Å².